The van der Waals surface area contributed by atoms with Gasteiger partial charge in [-0.2, -0.15) is 0 Å². The molecule has 1 aliphatic rings. The molecule has 1 saturated heterocycles. The van der Waals surface area contributed by atoms with Crippen LogP contribution in [0.25, 0.3) is 0 Å². The molecular formula is C16H24N2O2. The van der Waals surface area contributed by atoms with Crippen molar-refractivity contribution >= 4 is 11.7 Å². The van der Waals surface area contributed by atoms with Gasteiger partial charge in [0.15, 0.2) is 0 Å². The molecule has 0 bridgehead atoms. The number of anilines is 1. The quantitative estimate of drug-likeness (QED) is 0.892. The fourth-order valence-corrected chi connectivity index (χ4v) is 2.92. The number of hydrogen-bond donors (Lipinski definition) is 1. The van der Waals surface area contributed by atoms with Gasteiger partial charge in [0.05, 0.1) is 12.8 Å². The van der Waals surface area contributed by atoms with Crippen LogP contribution in [0.15, 0.2) is 18.2 Å². The molecule has 1 aromatic carbocycles. The zero-order valence-corrected chi connectivity index (χ0v) is 12.8. The Morgan fingerprint density at radius 3 is 2.55 bits per heavy atom. The molecule has 1 N–H and O–H groups in total. The second-order valence-corrected chi connectivity index (χ2v) is 5.67. The van der Waals surface area contributed by atoms with Crippen molar-refractivity contribution in [2.75, 3.05) is 12.4 Å². The Morgan fingerprint density at radius 1 is 1.30 bits per heavy atom. The topological polar surface area (TPSA) is 41.6 Å². The standard InChI is InChI=1S/C16H24N2O2/c1-11-8-9-15(20-4)14(10-11)17-16(19)18-12(2)6-5-7-13(18)3/h8-10,12-13H,5-7H2,1-4H3,(H,17,19)/t12-,13-/m1/s1. The first-order valence-corrected chi connectivity index (χ1v) is 7.27. The van der Waals surface area contributed by atoms with E-state index in [0.29, 0.717) is 5.75 Å². The van der Waals surface area contributed by atoms with Gasteiger partial charge < -0.3 is 15.0 Å². The van der Waals surface area contributed by atoms with Crippen LogP contribution in [0.5, 0.6) is 5.75 Å². The summed E-state index contributed by atoms with van der Waals surface area (Å²) in [5.41, 5.74) is 1.84. The molecule has 1 heterocycles. The fourth-order valence-electron chi connectivity index (χ4n) is 2.92. The molecule has 1 aromatic rings. The predicted molar refractivity (Wildman–Crippen MR) is 81.4 cm³/mol. The molecule has 0 unspecified atom stereocenters. The van der Waals surface area contributed by atoms with Crippen LogP contribution in [-0.4, -0.2) is 30.1 Å². The first-order chi connectivity index (χ1) is 9.52. The monoisotopic (exact) mass is 276 g/mol. The Labute approximate surface area is 121 Å². The molecule has 2 rings (SSSR count). The number of urea groups is 1. The van der Waals surface area contributed by atoms with Crippen molar-refractivity contribution in [1.29, 1.82) is 0 Å². The molecule has 2 amide bonds. The molecule has 2 atom stereocenters. The highest BCUT2D eigenvalue weighted by atomic mass is 16.5. The third-order valence-electron chi connectivity index (χ3n) is 4.02. The largest absolute Gasteiger partial charge is 0.495 e. The number of piperidine rings is 1. The molecule has 0 aliphatic carbocycles. The van der Waals surface area contributed by atoms with Crippen molar-refractivity contribution < 1.29 is 9.53 Å². The average Bonchev–Trinajstić information content (AvgIpc) is 2.38. The molecule has 1 aliphatic heterocycles. The van der Waals surface area contributed by atoms with E-state index in [1.807, 2.05) is 30.0 Å². The van der Waals surface area contributed by atoms with Crippen molar-refractivity contribution in [3.05, 3.63) is 23.8 Å². The van der Waals surface area contributed by atoms with Crippen molar-refractivity contribution in [3.8, 4) is 5.75 Å². The molecule has 0 saturated carbocycles. The van der Waals surface area contributed by atoms with Gasteiger partial charge in [-0.05, 0) is 57.7 Å². The Kier molecular flexibility index (Phi) is 4.53. The summed E-state index contributed by atoms with van der Waals surface area (Å²) in [5, 5.41) is 2.99. The van der Waals surface area contributed by atoms with Gasteiger partial charge in [-0.1, -0.05) is 6.07 Å². The highest BCUT2D eigenvalue weighted by Gasteiger charge is 2.29. The summed E-state index contributed by atoms with van der Waals surface area (Å²) in [6, 6.07) is 6.34. The van der Waals surface area contributed by atoms with E-state index in [1.54, 1.807) is 7.11 Å². The van der Waals surface area contributed by atoms with Gasteiger partial charge in [0.2, 0.25) is 0 Å². The summed E-state index contributed by atoms with van der Waals surface area (Å²) < 4.78 is 5.31. The third-order valence-corrected chi connectivity index (χ3v) is 4.02. The highest BCUT2D eigenvalue weighted by molar-refractivity contribution is 5.91. The second kappa shape index (κ2) is 6.16. The summed E-state index contributed by atoms with van der Waals surface area (Å²) >= 11 is 0. The first kappa shape index (κ1) is 14.7. The number of rotatable bonds is 2. The van der Waals surface area contributed by atoms with E-state index in [0.717, 1.165) is 24.1 Å². The van der Waals surface area contributed by atoms with E-state index in [-0.39, 0.29) is 18.1 Å². The lowest BCUT2D eigenvalue weighted by molar-refractivity contribution is 0.133. The summed E-state index contributed by atoms with van der Waals surface area (Å²) in [4.78, 5) is 14.5. The number of likely N-dealkylation sites (tertiary alicyclic amines) is 1. The lowest BCUT2D eigenvalue weighted by atomic mass is 9.98. The van der Waals surface area contributed by atoms with Crippen molar-refractivity contribution in [1.82, 2.24) is 4.90 Å². The van der Waals surface area contributed by atoms with Crippen LogP contribution in [0.2, 0.25) is 0 Å². The van der Waals surface area contributed by atoms with Gasteiger partial charge in [-0.15, -0.1) is 0 Å². The van der Waals surface area contributed by atoms with Gasteiger partial charge in [0, 0.05) is 12.1 Å². The van der Waals surface area contributed by atoms with E-state index in [9.17, 15) is 4.79 Å². The fraction of sp³-hybridized carbons (Fsp3) is 0.562. The molecule has 1 fully saturated rings. The second-order valence-electron chi connectivity index (χ2n) is 5.67. The number of amides is 2. The van der Waals surface area contributed by atoms with Crippen molar-refractivity contribution in [3.63, 3.8) is 0 Å². The van der Waals surface area contributed by atoms with Gasteiger partial charge >= 0.3 is 6.03 Å². The molecule has 20 heavy (non-hydrogen) atoms. The maximum Gasteiger partial charge on any atom is 0.322 e. The number of methoxy groups -OCH3 is 1. The SMILES string of the molecule is COc1ccc(C)cc1NC(=O)N1[C@H](C)CCC[C@H]1C. The smallest absolute Gasteiger partial charge is 0.322 e. The van der Waals surface area contributed by atoms with Crippen LogP contribution in [0.3, 0.4) is 0 Å². The lowest BCUT2D eigenvalue weighted by Crippen LogP contribution is -2.49. The number of benzene rings is 1. The Bertz CT molecular complexity index is 477. The Hall–Kier alpha value is -1.71. The van der Waals surface area contributed by atoms with E-state index in [2.05, 4.69) is 19.2 Å². The van der Waals surface area contributed by atoms with Crippen LogP contribution >= 0.6 is 0 Å². The third kappa shape index (κ3) is 3.06. The summed E-state index contributed by atoms with van der Waals surface area (Å²) in [7, 11) is 1.62. The Morgan fingerprint density at radius 2 is 1.95 bits per heavy atom. The molecule has 110 valence electrons. The number of carbonyl (C=O) groups is 1. The number of ether oxygens (including phenoxy) is 1. The molecule has 0 spiro atoms. The minimum absolute atomic E-state index is 0.0337. The first-order valence-electron chi connectivity index (χ1n) is 7.27. The van der Waals surface area contributed by atoms with Crippen LogP contribution in [0, 0.1) is 6.92 Å². The van der Waals surface area contributed by atoms with Crippen molar-refractivity contribution in [2.45, 2.75) is 52.1 Å². The minimum atomic E-state index is -0.0337. The van der Waals surface area contributed by atoms with Crippen LogP contribution < -0.4 is 10.1 Å². The van der Waals surface area contributed by atoms with Gasteiger partial charge in [0.25, 0.3) is 0 Å². The predicted octanol–water partition coefficient (Wildman–Crippen LogP) is 3.80. The molecule has 0 aromatic heterocycles. The number of nitrogens with one attached hydrogen (secondary N) is 1. The van der Waals surface area contributed by atoms with E-state index in [1.165, 1.54) is 6.42 Å². The summed E-state index contributed by atoms with van der Waals surface area (Å²) in [5.74, 6) is 0.696. The van der Waals surface area contributed by atoms with Gasteiger partial charge in [0.1, 0.15) is 5.75 Å². The van der Waals surface area contributed by atoms with Crippen LogP contribution in [0.4, 0.5) is 10.5 Å². The zero-order chi connectivity index (χ0) is 14.7. The van der Waals surface area contributed by atoms with Crippen LogP contribution in [-0.2, 0) is 0 Å². The van der Waals surface area contributed by atoms with E-state index < -0.39 is 0 Å². The average molecular weight is 276 g/mol. The molecule has 0 radical (unpaired) electrons. The normalized spacial score (nSPS) is 22.5. The van der Waals surface area contributed by atoms with E-state index >= 15 is 0 Å². The van der Waals surface area contributed by atoms with E-state index in [4.69, 9.17) is 4.74 Å². The maximum absolute atomic E-state index is 12.5. The zero-order valence-electron chi connectivity index (χ0n) is 12.8. The van der Waals surface area contributed by atoms with Gasteiger partial charge in [-0.3, -0.25) is 0 Å². The minimum Gasteiger partial charge on any atom is -0.495 e. The number of aryl methyl sites for hydroxylation is 1. The summed E-state index contributed by atoms with van der Waals surface area (Å²) in [6.07, 6.45) is 3.34. The van der Waals surface area contributed by atoms with Crippen LogP contribution in [0.1, 0.15) is 38.7 Å². The Balaban J connectivity index is 2.16. The number of hydrogen-bond acceptors (Lipinski definition) is 2. The van der Waals surface area contributed by atoms with Crippen molar-refractivity contribution in [2.24, 2.45) is 0 Å². The lowest BCUT2D eigenvalue weighted by Gasteiger charge is -2.39. The number of carbonyl (C=O) groups excluding carboxylic acids is 1. The maximum atomic E-state index is 12.5. The molecule has 4 nitrogen and oxygen atoms in total. The molecule has 4 heteroatoms. The number of nitrogens with zero attached hydrogens (tertiary/aromatic N) is 1. The molecular weight excluding hydrogens is 252 g/mol. The summed E-state index contributed by atoms with van der Waals surface area (Å²) in [6.45, 7) is 6.23. The van der Waals surface area contributed by atoms with Gasteiger partial charge in [-0.25, -0.2) is 4.79 Å². The highest BCUT2D eigenvalue weighted by Crippen LogP contribution is 2.28.